The predicted octanol–water partition coefficient (Wildman–Crippen LogP) is 2.45. The summed E-state index contributed by atoms with van der Waals surface area (Å²) in [7, 11) is 1.90. The summed E-state index contributed by atoms with van der Waals surface area (Å²) in [6.07, 6.45) is 4.01. The third-order valence-electron chi connectivity index (χ3n) is 1.90. The van der Waals surface area contributed by atoms with Crippen molar-refractivity contribution in [2.75, 3.05) is 7.05 Å². The molecule has 0 saturated carbocycles. The maximum atomic E-state index is 12.5. The van der Waals surface area contributed by atoms with Crippen molar-refractivity contribution in [1.82, 2.24) is 5.32 Å². The molecule has 0 fully saturated rings. The molecule has 0 aliphatic carbocycles. The van der Waals surface area contributed by atoms with Crippen LogP contribution in [0.5, 0.6) is 0 Å². The van der Waals surface area contributed by atoms with Crippen LogP contribution in [0, 0.1) is 5.82 Å². The van der Waals surface area contributed by atoms with Crippen LogP contribution >= 0.6 is 0 Å². The van der Waals surface area contributed by atoms with Crippen LogP contribution < -0.4 is 5.32 Å². The molecule has 2 heteroatoms. The van der Waals surface area contributed by atoms with Crippen LogP contribution in [0.25, 0.3) is 6.08 Å². The maximum Gasteiger partial charge on any atom is 0.123 e. The van der Waals surface area contributed by atoms with Gasteiger partial charge in [0.1, 0.15) is 5.82 Å². The molecule has 0 saturated heterocycles. The van der Waals surface area contributed by atoms with Gasteiger partial charge in [-0.15, -0.1) is 0 Å². The van der Waals surface area contributed by atoms with Crippen LogP contribution in [0.1, 0.15) is 12.5 Å². The SMILES string of the molecule is CN[C@H](C)/C=C/c1ccc(F)cc1. The summed E-state index contributed by atoms with van der Waals surface area (Å²) < 4.78 is 12.5. The van der Waals surface area contributed by atoms with E-state index in [-0.39, 0.29) is 5.82 Å². The minimum atomic E-state index is -0.196. The van der Waals surface area contributed by atoms with Gasteiger partial charge >= 0.3 is 0 Å². The molecule has 1 aromatic carbocycles. The first kappa shape index (κ1) is 9.93. The summed E-state index contributed by atoms with van der Waals surface area (Å²) in [5.41, 5.74) is 1.02. The van der Waals surface area contributed by atoms with Crippen molar-refractivity contribution in [2.45, 2.75) is 13.0 Å². The van der Waals surface area contributed by atoms with E-state index in [1.165, 1.54) is 12.1 Å². The number of halogens is 1. The van der Waals surface area contributed by atoms with E-state index in [2.05, 4.69) is 12.2 Å². The van der Waals surface area contributed by atoms with E-state index in [4.69, 9.17) is 0 Å². The molecule has 0 aliphatic heterocycles. The highest BCUT2D eigenvalue weighted by atomic mass is 19.1. The maximum absolute atomic E-state index is 12.5. The molecule has 0 spiro atoms. The highest BCUT2D eigenvalue weighted by molar-refractivity contribution is 5.49. The normalized spacial score (nSPS) is 13.5. The van der Waals surface area contributed by atoms with E-state index in [1.54, 1.807) is 12.1 Å². The lowest BCUT2D eigenvalue weighted by atomic mass is 10.2. The van der Waals surface area contributed by atoms with Crippen LogP contribution in [0.3, 0.4) is 0 Å². The number of benzene rings is 1. The second kappa shape index (κ2) is 4.77. The zero-order chi connectivity index (χ0) is 9.68. The van der Waals surface area contributed by atoms with E-state index in [0.29, 0.717) is 6.04 Å². The van der Waals surface area contributed by atoms with Crippen LogP contribution in [0.15, 0.2) is 30.3 Å². The lowest BCUT2D eigenvalue weighted by Crippen LogP contribution is -2.17. The standard InChI is InChI=1S/C11H14FN/c1-9(13-2)3-4-10-5-7-11(12)8-6-10/h3-9,13H,1-2H3/b4-3+/t9-/m1/s1. The first-order chi connectivity index (χ1) is 6.22. The van der Waals surface area contributed by atoms with Gasteiger partial charge in [-0.05, 0) is 31.7 Å². The lowest BCUT2D eigenvalue weighted by molar-refractivity contribution is 0.628. The van der Waals surface area contributed by atoms with Crippen molar-refractivity contribution in [3.8, 4) is 0 Å². The molecule has 0 heterocycles. The molecule has 0 aromatic heterocycles. The number of nitrogens with one attached hydrogen (secondary N) is 1. The average Bonchev–Trinajstić information content (AvgIpc) is 2.16. The summed E-state index contributed by atoms with van der Waals surface area (Å²) in [6.45, 7) is 2.06. The lowest BCUT2D eigenvalue weighted by Gasteiger charge is -2.01. The van der Waals surface area contributed by atoms with Crippen molar-refractivity contribution in [3.05, 3.63) is 41.7 Å². The summed E-state index contributed by atoms with van der Waals surface area (Å²) >= 11 is 0. The summed E-state index contributed by atoms with van der Waals surface area (Å²) in [5.74, 6) is -0.196. The van der Waals surface area contributed by atoms with Gasteiger partial charge in [0.05, 0.1) is 0 Å². The quantitative estimate of drug-likeness (QED) is 0.751. The predicted molar refractivity (Wildman–Crippen MR) is 54.0 cm³/mol. The molecule has 13 heavy (non-hydrogen) atoms. The van der Waals surface area contributed by atoms with Crippen molar-refractivity contribution in [2.24, 2.45) is 0 Å². The molecule has 1 rings (SSSR count). The second-order valence-electron chi connectivity index (χ2n) is 2.99. The van der Waals surface area contributed by atoms with Crippen LogP contribution in [-0.4, -0.2) is 13.1 Å². The molecule has 1 N–H and O–H groups in total. The summed E-state index contributed by atoms with van der Waals surface area (Å²) in [5, 5.41) is 3.09. The van der Waals surface area contributed by atoms with Gasteiger partial charge < -0.3 is 5.32 Å². The minimum absolute atomic E-state index is 0.196. The molecule has 0 unspecified atom stereocenters. The second-order valence-corrected chi connectivity index (χ2v) is 2.99. The molecule has 0 radical (unpaired) electrons. The number of likely N-dealkylation sites (N-methyl/N-ethyl adjacent to an activating group) is 1. The molecule has 0 amide bonds. The number of hydrogen-bond donors (Lipinski definition) is 1. The monoisotopic (exact) mass is 179 g/mol. The van der Waals surface area contributed by atoms with Crippen molar-refractivity contribution < 1.29 is 4.39 Å². The highest BCUT2D eigenvalue weighted by Gasteiger charge is 1.91. The Morgan fingerprint density at radius 2 is 1.92 bits per heavy atom. The zero-order valence-electron chi connectivity index (χ0n) is 7.92. The third-order valence-corrected chi connectivity index (χ3v) is 1.90. The fourth-order valence-corrected chi connectivity index (χ4v) is 0.926. The molecule has 70 valence electrons. The Morgan fingerprint density at radius 1 is 1.31 bits per heavy atom. The largest absolute Gasteiger partial charge is 0.314 e. The molecular formula is C11H14FN. The smallest absolute Gasteiger partial charge is 0.123 e. The number of rotatable bonds is 3. The Hall–Kier alpha value is -1.15. The van der Waals surface area contributed by atoms with Gasteiger partial charge in [0.15, 0.2) is 0 Å². The van der Waals surface area contributed by atoms with Crippen LogP contribution in [-0.2, 0) is 0 Å². The zero-order valence-corrected chi connectivity index (χ0v) is 7.92. The molecule has 1 atom stereocenters. The Balaban J connectivity index is 2.64. The van der Waals surface area contributed by atoms with Gasteiger partial charge in [-0.25, -0.2) is 4.39 Å². The van der Waals surface area contributed by atoms with Crippen molar-refractivity contribution in [3.63, 3.8) is 0 Å². The molecule has 0 aliphatic rings. The van der Waals surface area contributed by atoms with Crippen LogP contribution in [0.2, 0.25) is 0 Å². The first-order valence-corrected chi connectivity index (χ1v) is 4.33. The molecule has 1 aromatic rings. The average molecular weight is 179 g/mol. The van der Waals surface area contributed by atoms with E-state index in [0.717, 1.165) is 5.56 Å². The van der Waals surface area contributed by atoms with Gasteiger partial charge in [-0.2, -0.15) is 0 Å². The topological polar surface area (TPSA) is 12.0 Å². The minimum Gasteiger partial charge on any atom is -0.314 e. The van der Waals surface area contributed by atoms with Crippen LogP contribution in [0.4, 0.5) is 4.39 Å². The van der Waals surface area contributed by atoms with Gasteiger partial charge in [-0.3, -0.25) is 0 Å². The van der Waals surface area contributed by atoms with Gasteiger partial charge in [0.25, 0.3) is 0 Å². The Bertz CT molecular complexity index is 277. The summed E-state index contributed by atoms with van der Waals surface area (Å²) in [4.78, 5) is 0. The molecule has 0 bridgehead atoms. The Labute approximate surface area is 78.3 Å². The fraction of sp³-hybridized carbons (Fsp3) is 0.273. The Kier molecular flexibility index (Phi) is 3.65. The van der Waals surface area contributed by atoms with Crippen molar-refractivity contribution in [1.29, 1.82) is 0 Å². The number of hydrogen-bond acceptors (Lipinski definition) is 1. The van der Waals surface area contributed by atoms with Crippen molar-refractivity contribution >= 4 is 6.08 Å². The first-order valence-electron chi connectivity index (χ1n) is 4.33. The molecule has 1 nitrogen and oxygen atoms in total. The van der Waals surface area contributed by atoms with E-state index < -0.39 is 0 Å². The van der Waals surface area contributed by atoms with Gasteiger partial charge in [-0.1, -0.05) is 24.3 Å². The van der Waals surface area contributed by atoms with Gasteiger partial charge in [0, 0.05) is 6.04 Å². The third kappa shape index (κ3) is 3.38. The highest BCUT2D eigenvalue weighted by Crippen LogP contribution is 2.04. The molecular weight excluding hydrogens is 165 g/mol. The van der Waals surface area contributed by atoms with E-state index in [9.17, 15) is 4.39 Å². The summed E-state index contributed by atoms with van der Waals surface area (Å²) in [6, 6.07) is 6.78. The van der Waals surface area contributed by atoms with Gasteiger partial charge in [0.2, 0.25) is 0 Å². The Morgan fingerprint density at radius 3 is 2.46 bits per heavy atom. The van der Waals surface area contributed by atoms with E-state index in [1.807, 2.05) is 19.2 Å². The fourth-order valence-electron chi connectivity index (χ4n) is 0.926. The van der Waals surface area contributed by atoms with E-state index >= 15 is 0 Å².